The van der Waals surface area contributed by atoms with Gasteiger partial charge in [-0.15, -0.1) is 0 Å². The lowest BCUT2D eigenvalue weighted by Gasteiger charge is -2.03. The first kappa shape index (κ1) is 9.50. The second kappa shape index (κ2) is 3.88. The van der Waals surface area contributed by atoms with Gasteiger partial charge in [0.15, 0.2) is 6.29 Å². The summed E-state index contributed by atoms with van der Waals surface area (Å²) in [5.41, 5.74) is -0.280. The zero-order chi connectivity index (χ0) is 9.14. The lowest BCUT2D eigenvalue weighted by molar-refractivity contribution is 0.110. The number of aromatic nitrogens is 1. The average Bonchev–Trinajstić information content (AvgIpc) is 2.03. The molecule has 0 saturated heterocycles. The van der Waals surface area contributed by atoms with E-state index in [0.29, 0.717) is 9.99 Å². The van der Waals surface area contributed by atoms with Crippen LogP contribution in [0.25, 0.3) is 0 Å². The topological polar surface area (TPSA) is 30.0 Å². The van der Waals surface area contributed by atoms with Crippen molar-refractivity contribution in [3.8, 4) is 0 Å². The van der Waals surface area contributed by atoms with Crippen LogP contribution in [0.2, 0.25) is 0 Å². The molecule has 0 amide bonds. The van der Waals surface area contributed by atoms with E-state index in [4.69, 9.17) is 0 Å². The zero-order valence-electron chi connectivity index (χ0n) is 5.80. The monoisotopic (exact) mass is 283 g/mol. The average molecular weight is 283 g/mol. The van der Waals surface area contributed by atoms with E-state index in [1.54, 1.807) is 22.6 Å². The Kier molecular flexibility index (Phi) is 3.07. The molecule has 0 aliphatic heterocycles. The minimum absolute atomic E-state index is 0.0203. The number of halogens is 3. The first-order valence-electron chi connectivity index (χ1n) is 3.04. The molecule has 1 rings (SSSR count). The van der Waals surface area contributed by atoms with Crippen LogP contribution >= 0.6 is 22.6 Å². The van der Waals surface area contributed by atoms with Gasteiger partial charge in [-0.1, -0.05) is 0 Å². The van der Waals surface area contributed by atoms with Crippen LogP contribution < -0.4 is 0 Å². The fourth-order valence-electron chi connectivity index (χ4n) is 0.768. The summed E-state index contributed by atoms with van der Waals surface area (Å²) < 4.78 is 24.7. The van der Waals surface area contributed by atoms with Crippen LogP contribution in [0.5, 0.6) is 0 Å². The maximum Gasteiger partial charge on any atom is 0.264 e. The first-order chi connectivity index (χ1) is 5.66. The molecule has 0 bridgehead atoms. The number of nitrogens with zero attached hydrogens (tertiary/aromatic N) is 1. The smallest absolute Gasteiger partial charge is 0.264 e. The SMILES string of the molecule is O=Cc1c(C(F)F)ccnc1I. The van der Waals surface area contributed by atoms with Crippen LogP contribution in [0.3, 0.4) is 0 Å². The number of pyridine rings is 1. The molecule has 64 valence electrons. The molecule has 1 aromatic heterocycles. The van der Waals surface area contributed by atoms with Crippen molar-refractivity contribution in [2.45, 2.75) is 6.43 Å². The predicted molar refractivity (Wildman–Crippen MR) is 47.3 cm³/mol. The van der Waals surface area contributed by atoms with Crippen molar-refractivity contribution in [2.24, 2.45) is 0 Å². The first-order valence-corrected chi connectivity index (χ1v) is 4.12. The quantitative estimate of drug-likeness (QED) is 0.474. The van der Waals surface area contributed by atoms with Gasteiger partial charge in [-0.05, 0) is 28.7 Å². The van der Waals surface area contributed by atoms with Gasteiger partial charge in [-0.2, -0.15) is 0 Å². The number of aldehydes is 1. The summed E-state index contributed by atoms with van der Waals surface area (Å²) in [6, 6.07) is 1.15. The number of carbonyl (C=O) groups excluding carboxylic acids is 1. The Labute approximate surface area is 81.1 Å². The minimum Gasteiger partial charge on any atom is -0.298 e. The summed E-state index contributed by atoms with van der Waals surface area (Å²) in [6.07, 6.45) is -0.964. The van der Waals surface area contributed by atoms with Gasteiger partial charge in [0, 0.05) is 11.8 Å². The molecule has 0 atom stereocenters. The highest BCUT2D eigenvalue weighted by Gasteiger charge is 2.14. The Morgan fingerprint density at radius 2 is 2.25 bits per heavy atom. The van der Waals surface area contributed by atoms with Gasteiger partial charge in [0.1, 0.15) is 3.70 Å². The molecule has 0 N–H and O–H groups in total. The Bertz CT molecular complexity index is 303. The Balaban J connectivity index is 3.27. The van der Waals surface area contributed by atoms with E-state index < -0.39 is 6.43 Å². The van der Waals surface area contributed by atoms with Crippen LogP contribution in [0, 0.1) is 3.70 Å². The molecule has 1 heterocycles. The number of hydrogen-bond acceptors (Lipinski definition) is 2. The van der Waals surface area contributed by atoms with Crippen molar-refractivity contribution in [3.63, 3.8) is 0 Å². The molecule has 0 unspecified atom stereocenters. The maximum absolute atomic E-state index is 12.2. The summed E-state index contributed by atoms with van der Waals surface area (Å²) in [6.45, 7) is 0. The molecular formula is C7H4F2INO. The van der Waals surface area contributed by atoms with Crippen molar-refractivity contribution < 1.29 is 13.6 Å². The third-order valence-electron chi connectivity index (χ3n) is 1.33. The molecule has 1 aromatic rings. The van der Waals surface area contributed by atoms with Gasteiger partial charge in [0.05, 0.1) is 5.56 Å². The molecule has 0 saturated carbocycles. The van der Waals surface area contributed by atoms with Crippen LogP contribution in [-0.4, -0.2) is 11.3 Å². The molecular weight excluding hydrogens is 279 g/mol. The fraction of sp³-hybridized carbons (Fsp3) is 0.143. The highest BCUT2D eigenvalue weighted by Crippen LogP contribution is 2.23. The molecule has 0 aromatic carbocycles. The summed E-state index contributed by atoms with van der Waals surface area (Å²) in [5, 5.41) is 0. The van der Waals surface area contributed by atoms with Gasteiger partial charge in [0.25, 0.3) is 6.43 Å². The van der Waals surface area contributed by atoms with E-state index in [2.05, 4.69) is 4.98 Å². The highest BCUT2D eigenvalue weighted by molar-refractivity contribution is 14.1. The van der Waals surface area contributed by atoms with Crippen LogP contribution in [0.15, 0.2) is 12.3 Å². The van der Waals surface area contributed by atoms with E-state index >= 15 is 0 Å². The van der Waals surface area contributed by atoms with Crippen LogP contribution in [0.4, 0.5) is 8.78 Å². The molecule has 0 aliphatic carbocycles. The van der Waals surface area contributed by atoms with E-state index in [9.17, 15) is 13.6 Å². The van der Waals surface area contributed by atoms with E-state index in [-0.39, 0.29) is 11.1 Å². The van der Waals surface area contributed by atoms with Crippen molar-refractivity contribution >= 4 is 28.9 Å². The molecule has 0 aliphatic rings. The summed E-state index contributed by atoms with van der Waals surface area (Å²) >= 11 is 1.74. The lowest BCUT2D eigenvalue weighted by atomic mass is 10.2. The van der Waals surface area contributed by atoms with Crippen LogP contribution in [0.1, 0.15) is 22.3 Å². The molecule has 12 heavy (non-hydrogen) atoms. The summed E-state index contributed by atoms with van der Waals surface area (Å²) in [4.78, 5) is 14.1. The molecule has 5 heteroatoms. The Morgan fingerprint density at radius 3 is 2.67 bits per heavy atom. The van der Waals surface area contributed by atoms with E-state index in [0.717, 1.165) is 6.07 Å². The summed E-state index contributed by atoms with van der Waals surface area (Å²) in [5.74, 6) is 0. The number of hydrogen-bond donors (Lipinski definition) is 0. The van der Waals surface area contributed by atoms with Gasteiger partial charge < -0.3 is 0 Å². The van der Waals surface area contributed by atoms with Crippen molar-refractivity contribution in [3.05, 3.63) is 27.1 Å². The molecule has 0 spiro atoms. The van der Waals surface area contributed by atoms with Crippen molar-refractivity contribution in [2.75, 3.05) is 0 Å². The van der Waals surface area contributed by atoms with Gasteiger partial charge in [-0.25, -0.2) is 13.8 Å². The predicted octanol–water partition coefficient (Wildman–Crippen LogP) is 2.44. The third-order valence-corrected chi connectivity index (χ3v) is 2.19. The number of rotatable bonds is 2. The fourth-order valence-corrected chi connectivity index (χ4v) is 1.37. The molecule has 2 nitrogen and oxygen atoms in total. The maximum atomic E-state index is 12.2. The van der Waals surface area contributed by atoms with Crippen molar-refractivity contribution in [1.82, 2.24) is 4.98 Å². The number of carbonyl (C=O) groups is 1. The third kappa shape index (κ3) is 1.77. The number of alkyl halides is 2. The van der Waals surface area contributed by atoms with Gasteiger partial charge >= 0.3 is 0 Å². The van der Waals surface area contributed by atoms with Crippen molar-refractivity contribution in [1.29, 1.82) is 0 Å². The summed E-state index contributed by atoms with van der Waals surface area (Å²) in [7, 11) is 0. The lowest BCUT2D eigenvalue weighted by Crippen LogP contribution is -1.98. The normalized spacial score (nSPS) is 10.3. The molecule has 0 radical (unpaired) electrons. The second-order valence-corrected chi connectivity index (χ2v) is 3.05. The zero-order valence-corrected chi connectivity index (χ0v) is 7.96. The Hall–Kier alpha value is -0.590. The van der Waals surface area contributed by atoms with E-state index in [1.807, 2.05) is 0 Å². The molecule has 0 fully saturated rings. The second-order valence-electron chi connectivity index (χ2n) is 2.02. The minimum atomic E-state index is -2.62. The highest BCUT2D eigenvalue weighted by atomic mass is 127. The standard InChI is InChI=1S/C7H4F2INO/c8-6(9)4-1-2-11-7(10)5(4)3-12/h1-3,6H. The van der Waals surface area contributed by atoms with Gasteiger partial charge in [-0.3, -0.25) is 4.79 Å². The largest absolute Gasteiger partial charge is 0.298 e. The Morgan fingerprint density at radius 1 is 1.58 bits per heavy atom. The van der Waals surface area contributed by atoms with Gasteiger partial charge in [0.2, 0.25) is 0 Å². The van der Waals surface area contributed by atoms with Crippen LogP contribution in [-0.2, 0) is 0 Å². The van der Waals surface area contributed by atoms with E-state index in [1.165, 1.54) is 6.20 Å².